The Labute approximate surface area is 307 Å². The second kappa shape index (κ2) is 20.3. The first-order valence-electron chi connectivity index (χ1n) is 15.2. The quantitative estimate of drug-likeness (QED) is 0.0397. The Bertz CT molecular complexity index is 1600. The van der Waals surface area contributed by atoms with Crippen molar-refractivity contribution >= 4 is 69.9 Å². The number of hydrogen-bond donors (Lipinski definition) is 3. The van der Waals surface area contributed by atoms with Crippen molar-refractivity contribution in [3.05, 3.63) is 102 Å². The molecule has 0 heterocycles. The molecule has 0 bridgehead atoms. The van der Waals surface area contributed by atoms with Crippen molar-refractivity contribution in [3.8, 4) is 17.2 Å². The summed E-state index contributed by atoms with van der Waals surface area (Å²) in [7, 11) is 3.29. The van der Waals surface area contributed by atoms with E-state index in [0.29, 0.717) is 17.4 Å². The zero-order valence-electron chi connectivity index (χ0n) is 27.6. The van der Waals surface area contributed by atoms with Crippen molar-refractivity contribution in [2.45, 2.75) is 25.6 Å². The molecular formula is C32H41N6O5P3S3+2. The number of nitrogens with zero attached hydrogens (tertiary/aromatic N) is 5. The van der Waals surface area contributed by atoms with Crippen LogP contribution in [0.25, 0.3) is 0 Å². The number of aliphatic hydroxyl groups is 1. The number of ether oxygens (including phenoxy) is 1. The molecule has 5 atom stereocenters. The molecule has 4 rings (SSSR count). The lowest BCUT2D eigenvalue weighted by Crippen LogP contribution is -2.34. The van der Waals surface area contributed by atoms with Crippen LogP contribution in [0.5, 0.6) is 17.2 Å². The fraction of sp³-hybridized carbons (Fsp3) is 0.312. The van der Waals surface area contributed by atoms with E-state index in [-0.39, 0.29) is 12.7 Å². The molecule has 1 aliphatic rings. The van der Waals surface area contributed by atoms with Crippen LogP contribution in [0.2, 0.25) is 0 Å². The van der Waals surface area contributed by atoms with Gasteiger partial charge in [-0.2, -0.15) is 5.10 Å². The highest BCUT2D eigenvalue weighted by Crippen LogP contribution is 2.45. The van der Waals surface area contributed by atoms with Crippen LogP contribution in [0.1, 0.15) is 29.5 Å². The van der Waals surface area contributed by atoms with E-state index < -0.39 is 21.7 Å². The maximum atomic E-state index is 9.19. The van der Waals surface area contributed by atoms with Crippen molar-refractivity contribution in [2.75, 3.05) is 34.8 Å². The van der Waals surface area contributed by atoms with Gasteiger partial charge >= 0.3 is 14.1 Å². The summed E-state index contributed by atoms with van der Waals surface area (Å²) in [6.07, 6.45) is 9.58. The van der Waals surface area contributed by atoms with Crippen LogP contribution in [-0.4, -0.2) is 72.8 Å². The van der Waals surface area contributed by atoms with E-state index in [2.05, 4.69) is 40.0 Å². The highest BCUT2D eigenvalue weighted by molar-refractivity contribution is 8.42. The summed E-state index contributed by atoms with van der Waals surface area (Å²) in [6, 6.07) is 22.5. The number of hydrogen-bond acceptors (Lipinski definition) is 12. The molecule has 0 amide bonds. The Morgan fingerprint density at radius 1 is 0.878 bits per heavy atom. The van der Waals surface area contributed by atoms with E-state index in [1.54, 1.807) is 48.3 Å². The van der Waals surface area contributed by atoms with Gasteiger partial charge in [0, 0.05) is 13.6 Å². The summed E-state index contributed by atoms with van der Waals surface area (Å²) in [4.78, 5) is 0. The van der Waals surface area contributed by atoms with Gasteiger partial charge in [0.15, 0.2) is 5.75 Å². The van der Waals surface area contributed by atoms with Crippen molar-refractivity contribution in [3.63, 3.8) is 0 Å². The minimum absolute atomic E-state index is 0.0107. The average molecular weight is 779 g/mol. The van der Waals surface area contributed by atoms with Crippen LogP contribution >= 0.6 is 33.9 Å². The number of rotatable bonds is 18. The summed E-state index contributed by atoms with van der Waals surface area (Å²) in [6.45, 7) is 0.727. The third-order valence-electron chi connectivity index (χ3n) is 7.18. The van der Waals surface area contributed by atoms with E-state index in [1.165, 1.54) is 0 Å². The predicted octanol–water partition coefficient (Wildman–Crippen LogP) is 7.37. The first kappa shape index (κ1) is 39.2. The van der Waals surface area contributed by atoms with Gasteiger partial charge in [0.2, 0.25) is 23.6 Å². The van der Waals surface area contributed by atoms with Crippen LogP contribution in [0.3, 0.4) is 0 Å². The van der Waals surface area contributed by atoms with Gasteiger partial charge in [0.05, 0.1) is 40.2 Å². The molecule has 0 aliphatic heterocycles. The number of hydrazine groups is 1. The van der Waals surface area contributed by atoms with Gasteiger partial charge in [-0.3, -0.25) is 4.52 Å². The highest BCUT2D eigenvalue weighted by Gasteiger charge is 2.28. The van der Waals surface area contributed by atoms with Crippen LogP contribution in [-0.2, 0) is 34.7 Å². The zero-order valence-corrected chi connectivity index (χ0v) is 32.9. The Morgan fingerprint density at radius 2 is 1.49 bits per heavy atom. The predicted molar refractivity (Wildman–Crippen MR) is 211 cm³/mol. The van der Waals surface area contributed by atoms with Gasteiger partial charge in [0.1, 0.15) is 17.6 Å². The van der Waals surface area contributed by atoms with E-state index in [4.69, 9.17) is 41.9 Å². The maximum absolute atomic E-state index is 9.19. The number of benzene rings is 3. The Balaban J connectivity index is 1.15. The minimum atomic E-state index is -1.32. The highest BCUT2D eigenvalue weighted by atomic mass is 32.7. The van der Waals surface area contributed by atoms with Crippen molar-refractivity contribution in [2.24, 2.45) is 16.1 Å². The molecule has 0 fully saturated rings. The molecule has 0 radical (unpaired) electrons. The summed E-state index contributed by atoms with van der Waals surface area (Å²) >= 11 is 15.8. The molecule has 0 saturated heterocycles. The topological polar surface area (TPSA) is 104 Å². The first-order chi connectivity index (χ1) is 23.6. The summed E-state index contributed by atoms with van der Waals surface area (Å²) in [5, 5.41) is 18.1. The fourth-order valence-corrected chi connectivity index (χ4v) is 7.43. The summed E-state index contributed by atoms with van der Waals surface area (Å²) < 4.78 is 28.4. The van der Waals surface area contributed by atoms with Gasteiger partial charge in [0.25, 0.3) is 7.50 Å². The molecule has 0 saturated carbocycles. The third-order valence-corrected chi connectivity index (χ3v) is 13.1. The van der Waals surface area contributed by atoms with E-state index in [9.17, 15) is 5.11 Å². The largest absolute Gasteiger partial charge is 0.507 e. The van der Waals surface area contributed by atoms with Crippen molar-refractivity contribution in [1.82, 2.24) is 19.8 Å². The van der Waals surface area contributed by atoms with Gasteiger partial charge in [-0.1, -0.05) is 41.3 Å². The molecule has 2 N–H and O–H groups in total. The molecule has 3 aromatic rings. The average Bonchev–Trinajstić information content (AvgIpc) is 3.13. The number of thiol groups is 1. The normalized spacial score (nSPS) is 17.3. The third kappa shape index (κ3) is 13.2. The smallest absolute Gasteiger partial charge is 0.497 e. The van der Waals surface area contributed by atoms with E-state index in [1.807, 2.05) is 79.5 Å². The Morgan fingerprint density at radius 3 is 2.08 bits per heavy atom. The second-order valence-corrected chi connectivity index (χ2v) is 17.5. The van der Waals surface area contributed by atoms with Crippen LogP contribution < -0.4 is 19.2 Å². The molecule has 11 nitrogen and oxygen atoms in total. The monoisotopic (exact) mass is 778 g/mol. The van der Waals surface area contributed by atoms with Crippen molar-refractivity contribution in [1.29, 1.82) is 0 Å². The molecule has 49 heavy (non-hydrogen) atoms. The number of hydrazone groups is 2. The molecule has 1 aliphatic carbocycles. The number of aliphatic hydroxyl groups excluding tert-OH is 1. The second-order valence-electron chi connectivity index (χ2n) is 10.8. The molecule has 0 aromatic heterocycles. The summed E-state index contributed by atoms with van der Waals surface area (Å²) in [5.41, 5.74) is 6.07. The van der Waals surface area contributed by atoms with Crippen LogP contribution in [0, 0.1) is 5.92 Å². The lowest BCUT2D eigenvalue weighted by Gasteiger charge is -2.21. The van der Waals surface area contributed by atoms with Gasteiger partial charge in [-0.25, -0.2) is 10.2 Å². The Hall–Kier alpha value is -2.60. The van der Waals surface area contributed by atoms with Crippen LogP contribution in [0.15, 0.2) is 95.2 Å². The molecule has 3 aromatic carbocycles. The Kier molecular flexibility index (Phi) is 16.2. The number of nitrogens with one attached hydrogen (secondary N) is 1. The lowest BCUT2D eigenvalue weighted by molar-refractivity contribution is 0.228. The van der Waals surface area contributed by atoms with Gasteiger partial charge < -0.3 is 14.4 Å². The minimum Gasteiger partial charge on any atom is -0.497 e. The molecular weight excluding hydrogens is 738 g/mol. The lowest BCUT2D eigenvalue weighted by atomic mass is 9.94. The van der Waals surface area contributed by atoms with E-state index >= 15 is 0 Å². The fourth-order valence-electron chi connectivity index (χ4n) is 4.25. The maximum Gasteiger partial charge on any atom is 0.507 e. The molecule has 5 unspecified atom stereocenters. The standard InChI is InChI=1S/C32H41N6O5P3S3/c1-36(33-21-25-5-13-29(40-4)14-6-25)44(47)41-30-15-7-26(8-16-30)22-34-37(2)45(48)42-31-17-9-27(10-18-31)23-35-38(3)46(49)43-32-19-11-28(24-39)12-20-32/h5-7,9-15,17-21,23,26,30,34,39,49H,8,16,22,24H2,1-4H3/q+2/b33-21-,35-23-. The van der Waals surface area contributed by atoms with Gasteiger partial charge in [-0.05, 0) is 101 Å². The number of methoxy groups -OCH3 is 1. The first-order valence-corrected chi connectivity index (χ1v) is 22.1. The summed E-state index contributed by atoms with van der Waals surface area (Å²) in [5.74, 6) is 2.49. The van der Waals surface area contributed by atoms with Crippen molar-refractivity contribution < 1.29 is 23.4 Å². The van der Waals surface area contributed by atoms with Gasteiger partial charge in [-0.15, -0.1) is 9.63 Å². The zero-order chi connectivity index (χ0) is 35.2. The SMILES string of the molecule is COc1ccc(/C=N\N(C)[P+](=S)OC2C=CC(CNN(C)[P+](=S)Oc3ccc(/C=N\N(C)P(S)Oc4ccc(CO)cc4)cc3)CC2)cc1. The van der Waals surface area contributed by atoms with Crippen LogP contribution in [0.4, 0.5) is 0 Å². The van der Waals surface area contributed by atoms with E-state index in [0.717, 1.165) is 41.8 Å². The molecule has 260 valence electrons. The molecule has 0 spiro atoms. The molecule has 17 heteroatoms.